The summed E-state index contributed by atoms with van der Waals surface area (Å²) in [4.78, 5) is 4.66. The van der Waals surface area contributed by atoms with Gasteiger partial charge in [-0.3, -0.25) is 9.55 Å². The normalized spacial score (nSPS) is 11.1. The van der Waals surface area contributed by atoms with Gasteiger partial charge in [0.05, 0.1) is 11.2 Å². The Bertz CT molecular complexity index is 728. The molecular weight excluding hydrogens is 224 g/mol. The Kier molecular flexibility index (Phi) is 2.37. The van der Waals surface area contributed by atoms with Gasteiger partial charge in [-0.2, -0.15) is 0 Å². The third-order valence-corrected chi connectivity index (χ3v) is 3.17. The topological polar surface area (TPSA) is 43.6 Å². The molecule has 0 radical (unpaired) electrons. The molecule has 0 saturated heterocycles. The zero-order chi connectivity index (χ0) is 12.7. The Morgan fingerprint density at radius 3 is 2.56 bits per heavy atom. The van der Waals surface area contributed by atoms with Crippen molar-refractivity contribution in [3.8, 4) is 5.69 Å². The minimum absolute atomic E-state index is 0.864. The molecule has 0 aliphatic carbocycles. The lowest BCUT2D eigenvalue weighted by molar-refractivity contribution is 0.971. The van der Waals surface area contributed by atoms with E-state index in [9.17, 15) is 0 Å². The van der Waals surface area contributed by atoms with Gasteiger partial charge in [0.1, 0.15) is 12.2 Å². The summed E-state index contributed by atoms with van der Waals surface area (Å²) in [5, 5.41) is 9.14. The molecule has 4 heteroatoms. The van der Waals surface area contributed by atoms with Crippen molar-refractivity contribution in [3.05, 3.63) is 47.7 Å². The Labute approximate surface area is 105 Å². The number of pyridine rings is 1. The molecule has 0 fully saturated rings. The number of aryl methyl sites for hydroxylation is 3. The van der Waals surface area contributed by atoms with Gasteiger partial charge in [0.15, 0.2) is 0 Å². The molecule has 3 rings (SSSR count). The molecule has 4 nitrogen and oxygen atoms in total. The zero-order valence-corrected chi connectivity index (χ0v) is 10.7. The van der Waals surface area contributed by atoms with Crippen LogP contribution in [0.1, 0.15) is 17.1 Å². The second-order valence-electron chi connectivity index (χ2n) is 4.50. The van der Waals surface area contributed by atoms with E-state index in [0.717, 1.165) is 22.7 Å². The van der Waals surface area contributed by atoms with Crippen LogP contribution in [0.4, 0.5) is 0 Å². The molecule has 18 heavy (non-hydrogen) atoms. The molecule has 0 unspecified atom stereocenters. The number of hydrogen-bond donors (Lipinski definition) is 0. The molecule has 0 aliphatic heterocycles. The number of hydrogen-bond acceptors (Lipinski definition) is 3. The second kappa shape index (κ2) is 3.91. The quantitative estimate of drug-likeness (QED) is 0.654. The summed E-state index contributed by atoms with van der Waals surface area (Å²) in [6.45, 7) is 6.04. The Hall–Kier alpha value is -2.23. The molecule has 90 valence electrons. The molecule has 1 aromatic carbocycles. The van der Waals surface area contributed by atoms with E-state index in [1.165, 1.54) is 10.9 Å². The number of nitrogens with zero attached hydrogens (tertiary/aromatic N) is 4. The average Bonchev–Trinajstić information content (AvgIpc) is 2.76. The lowest BCUT2D eigenvalue weighted by Crippen LogP contribution is -1.99. The third kappa shape index (κ3) is 1.57. The number of rotatable bonds is 1. The van der Waals surface area contributed by atoms with Crippen LogP contribution in [0.2, 0.25) is 0 Å². The van der Waals surface area contributed by atoms with Crippen molar-refractivity contribution in [2.75, 3.05) is 0 Å². The van der Waals surface area contributed by atoms with Crippen LogP contribution in [0, 0.1) is 20.8 Å². The highest BCUT2D eigenvalue weighted by atomic mass is 15.3. The second-order valence-corrected chi connectivity index (χ2v) is 4.50. The zero-order valence-electron chi connectivity index (χ0n) is 10.7. The van der Waals surface area contributed by atoms with Crippen LogP contribution in [0.25, 0.3) is 16.6 Å². The highest BCUT2D eigenvalue weighted by molar-refractivity contribution is 5.89. The fraction of sp³-hybridized carbons (Fsp3) is 0.214. The van der Waals surface area contributed by atoms with Gasteiger partial charge in [-0.25, -0.2) is 0 Å². The monoisotopic (exact) mass is 238 g/mol. The Balaban J connectivity index is 2.40. The summed E-state index contributed by atoms with van der Waals surface area (Å²) in [5.74, 6) is 0.864. The first-order chi connectivity index (χ1) is 8.66. The third-order valence-electron chi connectivity index (χ3n) is 3.17. The van der Waals surface area contributed by atoms with Crippen LogP contribution in [0.3, 0.4) is 0 Å². The summed E-state index contributed by atoms with van der Waals surface area (Å²) in [7, 11) is 0. The molecule has 2 aromatic heterocycles. The van der Waals surface area contributed by atoms with Gasteiger partial charge in [-0.15, -0.1) is 10.2 Å². The van der Waals surface area contributed by atoms with Crippen LogP contribution in [0.5, 0.6) is 0 Å². The minimum Gasteiger partial charge on any atom is -0.284 e. The Morgan fingerprint density at radius 1 is 1.00 bits per heavy atom. The van der Waals surface area contributed by atoms with Gasteiger partial charge in [-0.05, 0) is 38.5 Å². The van der Waals surface area contributed by atoms with E-state index in [2.05, 4.69) is 40.3 Å². The van der Waals surface area contributed by atoms with Crippen molar-refractivity contribution in [2.45, 2.75) is 20.8 Å². The SMILES string of the molecule is Cc1ccc2c(C)ccc(-n3cnnc3C)c2n1. The fourth-order valence-corrected chi connectivity index (χ4v) is 2.17. The highest BCUT2D eigenvalue weighted by Gasteiger charge is 2.09. The van der Waals surface area contributed by atoms with E-state index in [4.69, 9.17) is 0 Å². The molecule has 0 aliphatic rings. The van der Waals surface area contributed by atoms with E-state index < -0.39 is 0 Å². The van der Waals surface area contributed by atoms with Crippen molar-refractivity contribution in [2.24, 2.45) is 0 Å². The average molecular weight is 238 g/mol. The molecule has 0 spiro atoms. The first-order valence-corrected chi connectivity index (χ1v) is 5.91. The molecule has 3 aromatic rings. The molecule has 0 atom stereocenters. The van der Waals surface area contributed by atoms with Crippen LogP contribution >= 0.6 is 0 Å². The fourth-order valence-electron chi connectivity index (χ4n) is 2.17. The molecular formula is C14H14N4. The largest absolute Gasteiger partial charge is 0.284 e. The van der Waals surface area contributed by atoms with Gasteiger partial charge in [-0.1, -0.05) is 12.1 Å². The summed E-state index contributed by atoms with van der Waals surface area (Å²) >= 11 is 0. The van der Waals surface area contributed by atoms with E-state index >= 15 is 0 Å². The van der Waals surface area contributed by atoms with Gasteiger partial charge in [0.25, 0.3) is 0 Å². The molecule has 0 amide bonds. The molecule has 0 bridgehead atoms. The van der Waals surface area contributed by atoms with E-state index in [1.54, 1.807) is 6.33 Å². The van der Waals surface area contributed by atoms with E-state index in [1.807, 2.05) is 24.5 Å². The molecule has 0 N–H and O–H groups in total. The van der Waals surface area contributed by atoms with Crippen LogP contribution < -0.4 is 0 Å². The van der Waals surface area contributed by atoms with Crippen molar-refractivity contribution >= 4 is 10.9 Å². The van der Waals surface area contributed by atoms with Gasteiger partial charge in [0.2, 0.25) is 0 Å². The number of benzene rings is 1. The van der Waals surface area contributed by atoms with Gasteiger partial charge < -0.3 is 0 Å². The van der Waals surface area contributed by atoms with E-state index in [0.29, 0.717) is 0 Å². The maximum Gasteiger partial charge on any atom is 0.134 e. The summed E-state index contributed by atoms with van der Waals surface area (Å²) in [6.07, 6.45) is 1.73. The highest BCUT2D eigenvalue weighted by Crippen LogP contribution is 2.24. The summed E-state index contributed by atoms with van der Waals surface area (Å²) < 4.78 is 1.97. The first kappa shape index (κ1) is 10.9. The van der Waals surface area contributed by atoms with E-state index in [-0.39, 0.29) is 0 Å². The van der Waals surface area contributed by atoms with Crippen molar-refractivity contribution in [1.82, 2.24) is 19.7 Å². The Morgan fingerprint density at radius 2 is 1.83 bits per heavy atom. The molecule has 2 heterocycles. The van der Waals surface area contributed by atoms with Gasteiger partial charge >= 0.3 is 0 Å². The van der Waals surface area contributed by atoms with Crippen molar-refractivity contribution in [3.63, 3.8) is 0 Å². The molecule has 0 saturated carbocycles. The smallest absolute Gasteiger partial charge is 0.134 e. The minimum atomic E-state index is 0.864. The van der Waals surface area contributed by atoms with Crippen LogP contribution in [0.15, 0.2) is 30.6 Å². The van der Waals surface area contributed by atoms with Crippen molar-refractivity contribution in [1.29, 1.82) is 0 Å². The van der Waals surface area contributed by atoms with Crippen molar-refractivity contribution < 1.29 is 0 Å². The first-order valence-electron chi connectivity index (χ1n) is 5.91. The lowest BCUT2D eigenvalue weighted by atomic mass is 10.1. The lowest BCUT2D eigenvalue weighted by Gasteiger charge is -2.10. The number of fused-ring (bicyclic) bond motifs is 1. The standard InChI is InChI=1S/C14H14N4/c1-9-4-7-13(18-8-15-17-11(18)3)14-12(9)6-5-10(2)16-14/h4-8H,1-3H3. The summed E-state index contributed by atoms with van der Waals surface area (Å²) in [5.41, 5.74) is 4.27. The van der Waals surface area contributed by atoms with Gasteiger partial charge in [0, 0.05) is 11.1 Å². The maximum absolute atomic E-state index is 4.66. The predicted octanol–water partition coefficient (Wildman–Crippen LogP) is 2.74. The predicted molar refractivity (Wildman–Crippen MR) is 70.9 cm³/mol. The van der Waals surface area contributed by atoms with Crippen LogP contribution in [-0.2, 0) is 0 Å². The number of aromatic nitrogens is 4. The summed E-state index contributed by atoms with van der Waals surface area (Å²) in [6, 6.07) is 8.34. The van der Waals surface area contributed by atoms with Crippen LogP contribution in [-0.4, -0.2) is 19.7 Å². The maximum atomic E-state index is 4.66.